The average Bonchev–Trinajstić information content (AvgIpc) is 2.64. The summed E-state index contributed by atoms with van der Waals surface area (Å²) in [4.78, 5) is 4.84. The smallest absolute Gasteiger partial charge is 0.118 e. The van der Waals surface area contributed by atoms with E-state index in [1.54, 1.807) is 19.2 Å². The minimum Gasteiger partial charge on any atom is -0.508 e. The summed E-state index contributed by atoms with van der Waals surface area (Å²) < 4.78 is 5.27. The molecule has 0 bridgehead atoms. The van der Waals surface area contributed by atoms with Crippen LogP contribution in [0.3, 0.4) is 0 Å². The van der Waals surface area contributed by atoms with E-state index in [2.05, 4.69) is 31.2 Å². The van der Waals surface area contributed by atoms with Crippen molar-refractivity contribution < 1.29 is 9.84 Å². The number of dihydropyridines is 1. The zero-order chi connectivity index (χ0) is 16.9. The van der Waals surface area contributed by atoms with Gasteiger partial charge in [0.1, 0.15) is 11.5 Å². The lowest BCUT2D eigenvalue weighted by Crippen LogP contribution is -2.17. The average molecular weight is 321 g/mol. The number of aliphatic imine (C=N–C) groups is 1. The summed E-state index contributed by atoms with van der Waals surface area (Å²) in [7, 11) is 1.67. The van der Waals surface area contributed by atoms with Crippen LogP contribution >= 0.6 is 0 Å². The van der Waals surface area contributed by atoms with E-state index in [1.807, 2.05) is 24.3 Å². The molecule has 2 aromatic rings. The first kappa shape index (κ1) is 16.3. The van der Waals surface area contributed by atoms with Crippen LogP contribution in [-0.2, 0) is 0 Å². The van der Waals surface area contributed by atoms with Gasteiger partial charge in [0.05, 0.1) is 13.0 Å². The van der Waals surface area contributed by atoms with Gasteiger partial charge >= 0.3 is 0 Å². The Morgan fingerprint density at radius 3 is 2.21 bits per heavy atom. The highest BCUT2D eigenvalue weighted by Gasteiger charge is 2.21. The zero-order valence-electron chi connectivity index (χ0n) is 14.1. The molecule has 0 fully saturated rings. The number of hydrogen-bond donors (Lipinski definition) is 1. The number of nitrogens with zero attached hydrogens (tertiary/aromatic N) is 1. The minimum atomic E-state index is 0.0607. The van der Waals surface area contributed by atoms with Gasteiger partial charge in [-0.2, -0.15) is 0 Å². The van der Waals surface area contributed by atoms with Crippen LogP contribution in [0.1, 0.15) is 30.4 Å². The first-order chi connectivity index (χ1) is 11.7. The number of hydrogen-bond acceptors (Lipinski definition) is 3. The van der Waals surface area contributed by atoms with Crippen molar-refractivity contribution in [1.82, 2.24) is 0 Å². The molecule has 0 saturated heterocycles. The van der Waals surface area contributed by atoms with Gasteiger partial charge in [-0.25, -0.2) is 0 Å². The fourth-order valence-corrected chi connectivity index (χ4v) is 3.02. The van der Waals surface area contributed by atoms with Crippen LogP contribution in [0.5, 0.6) is 11.5 Å². The molecule has 1 N–H and O–H groups in total. The Bertz CT molecular complexity index is 729. The van der Waals surface area contributed by atoms with Gasteiger partial charge in [-0.3, -0.25) is 4.99 Å². The number of benzene rings is 2. The van der Waals surface area contributed by atoms with E-state index in [4.69, 9.17) is 9.73 Å². The van der Waals surface area contributed by atoms with Crippen molar-refractivity contribution in [3.63, 3.8) is 0 Å². The molecule has 24 heavy (non-hydrogen) atoms. The largest absolute Gasteiger partial charge is 0.508 e. The van der Waals surface area contributed by atoms with Gasteiger partial charge < -0.3 is 9.84 Å². The molecule has 2 unspecified atom stereocenters. The Morgan fingerprint density at radius 1 is 1.08 bits per heavy atom. The van der Waals surface area contributed by atoms with Crippen molar-refractivity contribution in [1.29, 1.82) is 0 Å². The lowest BCUT2D eigenvalue weighted by Gasteiger charge is -2.23. The number of ether oxygens (including phenoxy) is 1. The molecule has 0 radical (unpaired) electrons. The van der Waals surface area contributed by atoms with Crippen molar-refractivity contribution in [3.8, 4) is 11.5 Å². The van der Waals surface area contributed by atoms with Crippen molar-refractivity contribution in [2.45, 2.75) is 19.3 Å². The summed E-state index contributed by atoms with van der Waals surface area (Å²) in [5.41, 5.74) is 3.35. The van der Waals surface area contributed by atoms with Crippen LogP contribution in [0, 0.1) is 5.92 Å². The number of phenols is 1. The summed E-state index contributed by atoms with van der Waals surface area (Å²) in [5, 5.41) is 9.59. The fourth-order valence-electron chi connectivity index (χ4n) is 3.02. The quantitative estimate of drug-likeness (QED) is 0.876. The zero-order valence-corrected chi connectivity index (χ0v) is 14.1. The van der Waals surface area contributed by atoms with Gasteiger partial charge in [-0.15, -0.1) is 0 Å². The molecule has 0 amide bonds. The van der Waals surface area contributed by atoms with Crippen LogP contribution in [0.15, 0.2) is 65.7 Å². The highest BCUT2D eigenvalue weighted by Crippen LogP contribution is 2.31. The highest BCUT2D eigenvalue weighted by atomic mass is 16.5. The summed E-state index contributed by atoms with van der Waals surface area (Å²) in [5.74, 6) is 1.71. The molecule has 0 aromatic heterocycles. The van der Waals surface area contributed by atoms with Gasteiger partial charge in [-0.05, 0) is 53.8 Å². The van der Waals surface area contributed by atoms with E-state index in [1.165, 1.54) is 5.56 Å². The maximum absolute atomic E-state index is 9.59. The highest BCUT2D eigenvalue weighted by molar-refractivity contribution is 6.03. The molecule has 1 heterocycles. The van der Waals surface area contributed by atoms with Crippen LogP contribution in [0.4, 0.5) is 0 Å². The lowest BCUT2D eigenvalue weighted by molar-refractivity contribution is 0.414. The summed E-state index contributed by atoms with van der Waals surface area (Å²) in [6, 6.07) is 15.5. The molecule has 2 atom stereocenters. The van der Waals surface area contributed by atoms with Gasteiger partial charge in [0.15, 0.2) is 0 Å². The van der Waals surface area contributed by atoms with Crippen molar-refractivity contribution in [2.24, 2.45) is 10.9 Å². The first-order valence-electron chi connectivity index (χ1n) is 8.36. The predicted molar refractivity (Wildman–Crippen MR) is 98.2 cm³/mol. The molecule has 0 spiro atoms. The molecule has 1 aliphatic heterocycles. The van der Waals surface area contributed by atoms with Crippen LogP contribution in [0.25, 0.3) is 0 Å². The SMILES string of the molecule is CCC1C=CC(C(c2ccc(O)cc2)c2ccc(OC)cc2)=NC1. The fraction of sp³-hybridized carbons (Fsp3) is 0.286. The second kappa shape index (κ2) is 7.35. The number of phenolic OH excluding ortho intramolecular Hbond substituents is 1. The third-order valence-electron chi connectivity index (χ3n) is 4.54. The maximum Gasteiger partial charge on any atom is 0.118 e. The Hall–Kier alpha value is -2.55. The molecule has 124 valence electrons. The number of allylic oxidation sites excluding steroid dienone is 1. The monoisotopic (exact) mass is 321 g/mol. The van der Waals surface area contributed by atoms with E-state index in [-0.39, 0.29) is 11.7 Å². The molecule has 3 rings (SSSR count). The second-order valence-corrected chi connectivity index (χ2v) is 6.09. The Balaban J connectivity index is 1.99. The Labute approximate surface area is 143 Å². The summed E-state index contributed by atoms with van der Waals surface area (Å²) in [6.45, 7) is 3.03. The first-order valence-corrected chi connectivity index (χ1v) is 8.36. The molecule has 2 aromatic carbocycles. The number of rotatable bonds is 5. The normalized spacial score (nSPS) is 18.1. The topological polar surface area (TPSA) is 41.8 Å². The van der Waals surface area contributed by atoms with Crippen molar-refractivity contribution in [2.75, 3.05) is 13.7 Å². The van der Waals surface area contributed by atoms with E-state index in [0.29, 0.717) is 5.92 Å². The summed E-state index contributed by atoms with van der Waals surface area (Å²) >= 11 is 0. The van der Waals surface area contributed by atoms with Crippen LogP contribution in [0.2, 0.25) is 0 Å². The van der Waals surface area contributed by atoms with E-state index >= 15 is 0 Å². The van der Waals surface area contributed by atoms with Gasteiger partial charge in [-0.1, -0.05) is 37.3 Å². The third-order valence-corrected chi connectivity index (χ3v) is 4.54. The molecular weight excluding hydrogens is 298 g/mol. The number of methoxy groups -OCH3 is 1. The van der Waals surface area contributed by atoms with Gasteiger partial charge in [0.25, 0.3) is 0 Å². The minimum absolute atomic E-state index is 0.0607. The van der Waals surface area contributed by atoms with Gasteiger partial charge in [0.2, 0.25) is 0 Å². The van der Waals surface area contributed by atoms with E-state index < -0.39 is 0 Å². The molecular formula is C21H23NO2. The van der Waals surface area contributed by atoms with Crippen molar-refractivity contribution in [3.05, 3.63) is 71.8 Å². The maximum atomic E-state index is 9.59. The molecule has 3 nitrogen and oxygen atoms in total. The standard InChI is InChI=1S/C21H23NO2/c1-3-15-4-13-20(22-14-15)21(16-5-9-18(23)10-6-16)17-7-11-19(24-2)12-8-17/h4-13,15,21,23H,3,14H2,1-2H3. The lowest BCUT2D eigenvalue weighted by atomic mass is 9.85. The predicted octanol–water partition coefficient (Wildman–Crippen LogP) is 4.57. The molecule has 1 aliphatic rings. The van der Waals surface area contributed by atoms with E-state index in [0.717, 1.165) is 30.0 Å². The Morgan fingerprint density at radius 2 is 1.71 bits per heavy atom. The van der Waals surface area contributed by atoms with Gasteiger partial charge in [0, 0.05) is 12.3 Å². The number of aromatic hydroxyl groups is 1. The molecule has 0 saturated carbocycles. The second-order valence-electron chi connectivity index (χ2n) is 6.09. The third kappa shape index (κ3) is 3.51. The van der Waals surface area contributed by atoms with Crippen molar-refractivity contribution >= 4 is 5.71 Å². The molecule has 0 aliphatic carbocycles. The Kier molecular flexibility index (Phi) is 4.99. The van der Waals surface area contributed by atoms with Crippen LogP contribution < -0.4 is 4.74 Å². The van der Waals surface area contributed by atoms with Crippen LogP contribution in [-0.4, -0.2) is 24.5 Å². The molecule has 3 heteroatoms. The van der Waals surface area contributed by atoms with E-state index in [9.17, 15) is 5.11 Å². The summed E-state index contributed by atoms with van der Waals surface area (Å²) in [6.07, 6.45) is 5.53.